The number of hydrogen-bond acceptors (Lipinski definition) is 5. The van der Waals surface area contributed by atoms with Gasteiger partial charge in [-0.15, -0.1) is 0 Å². The van der Waals surface area contributed by atoms with Crippen molar-refractivity contribution in [1.29, 1.82) is 0 Å². The predicted octanol–water partition coefficient (Wildman–Crippen LogP) is 2.90. The molecular formula is C13H10IN3O4. The molecule has 0 unspecified atom stereocenters. The van der Waals surface area contributed by atoms with Gasteiger partial charge in [0, 0.05) is 34.1 Å². The van der Waals surface area contributed by atoms with E-state index in [9.17, 15) is 14.9 Å². The number of non-ortho nitro benzene ring substituents is 1. The molecule has 8 heteroatoms. The van der Waals surface area contributed by atoms with Gasteiger partial charge in [-0.2, -0.15) is 0 Å². The van der Waals surface area contributed by atoms with Crippen LogP contribution in [0.3, 0.4) is 0 Å². The highest BCUT2D eigenvalue weighted by atomic mass is 127. The first-order valence-electron chi connectivity index (χ1n) is 5.83. The molecule has 0 aliphatic carbocycles. The Labute approximate surface area is 133 Å². The van der Waals surface area contributed by atoms with Crippen LogP contribution in [0.4, 0.5) is 11.4 Å². The van der Waals surface area contributed by atoms with Gasteiger partial charge in [0.05, 0.1) is 4.92 Å². The highest BCUT2D eigenvalue weighted by Crippen LogP contribution is 2.24. The summed E-state index contributed by atoms with van der Waals surface area (Å²) >= 11 is 2.02. The minimum Gasteiger partial charge on any atom is -0.477 e. The van der Waals surface area contributed by atoms with Crippen LogP contribution in [0.25, 0.3) is 0 Å². The second kappa shape index (κ2) is 6.48. The molecule has 0 saturated carbocycles. The first-order valence-corrected chi connectivity index (χ1v) is 6.91. The van der Waals surface area contributed by atoms with E-state index in [2.05, 4.69) is 10.3 Å². The number of aromatic nitrogens is 1. The quantitative estimate of drug-likeness (QED) is 0.455. The molecule has 0 aliphatic rings. The van der Waals surface area contributed by atoms with Crippen molar-refractivity contribution in [1.82, 2.24) is 4.98 Å². The number of anilines is 1. The second-order valence-corrected chi connectivity index (χ2v) is 5.29. The lowest BCUT2D eigenvalue weighted by atomic mass is 10.2. The van der Waals surface area contributed by atoms with E-state index in [1.54, 1.807) is 12.1 Å². The van der Waals surface area contributed by atoms with Crippen LogP contribution < -0.4 is 5.32 Å². The number of carbonyl (C=O) groups is 1. The van der Waals surface area contributed by atoms with Crippen LogP contribution >= 0.6 is 22.6 Å². The van der Waals surface area contributed by atoms with Gasteiger partial charge in [-0.1, -0.05) is 6.07 Å². The molecule has 7 nitrogen and oxygen atoms in total. The number of benzene rings is 1. The van der Waals surface area contributed by atoms with E-state index >= 15 is 0 Å². The molecule has 21 heavy (non-hydrogen) atoms. The summed E-state index contributed by atoms with van der Waals surface area (Å²) in [6, 6.07) is 7.64. The number of halogens is 1. The fraction of sp³-hybridized carbons (Fsp3) is 0.0769. The van der Waals surface area contributed by atoms with E-state index in [4.69, 9.17) is 5.11 Å². The third-order valence-corrected chi connectivity index (χ3v) is 3.58. The molecule has 108 valence electrons. The van der Waals surface area contributed by atoms with E-state index < -0.39 is 10.9 Å². The van der Waals surface area contributed by atoms with Gasteiger partial charge in [-0.25, -0.2) is 9.78 Å². The van der Waals surface area contributed by atoms with Crippen molar-refractivity contribution in [3.8, 4) is 0 Å². The zero-order valence-corrected chi connectivity index (χ0v) is 12.8. The lowest BCUT2D eigenvalue weighted by Crippen LogP contribution is -2.04. The van der Waals surface area contributed by atoms with E-state index in [1.807, 2.05) is 22.6 Å². The Hall–Kier alpha value is -2.23. The van der Waals surface area contributed by atoms with Gasteiger partial charge in [0.15, 0.2) is 0 Å². The summed E-state index contributed by atoms with van der Waals surface area (Å²) in [6.45, 7) is 0.445. The van der Waals surface area contributed by atoms with Crippen molar-refractivity contribution in [2.45, 2.75) is 6.54 Å². The summed E-state index contributed by atoms with van der Waals surface area (Å²) in [5.74, 6) is -1.07. The average molecular weight is 399 g/mol. The largest absolute Gasteiger partial charge is 0.477 e. The number of hydrogen-bond donors (Lipinski definition) is 2. The Balaban J connectivity index is 2.06. The van der Waals surface area contributed by atoms with Crippen molar-refractivity contribution in [3.05, 3.63) is 61.5 Å². The van der Waals surface area contributed by atoms with E-state index in [1.165, 1.54) is 24.4 Å². The minimum absolute atomic E-state index is 0.0105. The predicted molar refractivity (Wildman–Crippen MR) is 84.3 cm³/mol. The molecule has 1 aromatic heterocycles. The number of carboxylic acid groups (broad SMARTS) is 1. The molecule has 0 atom stereocenters. The van der Waals surface area contributed by atoms with Crippen LogP contribution in [0.2, 0.25) is 0 Å². The summed E-state index contributed by atoms with van der Waals surface area (Å²) in [4.78, 5) is 24.7. The number of nitro benzene ring substituents is 1. The highest BCUT2D eigenvalue weighted by Gasteiger charge is 2.09. The third kappa shape index (κ3) is 3.88. The number of carboxylic acids is 1. The number of pyridine rings is 1. The first-order chi connectivity index (χ1) is 9.97. The Kier molecular flexibility index (Phi) is 4.68. The summed E-state index contributed by atoms with van der Waals surface area (Å²) in [5, 5.41) is 22.5. The van der Waals surface area contributed by atoms with Crippen molar-refractivity contribution in [2.75, 3.05) is 5.32 Å². The summed E-state index contributed by atoms with van der Waals surface area (Å²) in [5.41, 5.74) is 1.61. The molecule has 0 radical (unpaired) electrons. The smallest absolute Gasteiger partial charge is 0.354 e. The highest BCUT2D eigenvalue weighted by molar-refractivity contribution is 14.1. The number of rotatable bonds is 5. The molecule has 1 aromatic carbocycles. The van der Waals surface area contributed by atoms with Crippen molar-refractivity contribution < 1.29 is 14.8 Å². The lowest BCUT2D eigenvalue weighted by Gasteiger charge is -2.08. The van der Waals surface area contributed by atoms with Gasteiger partial charge >= 0.3 is 5.97 Å². The van der Waals surface area contributed by atoms with Crippen LogP contribution in [0.15, 0.2) is 36.5 Å². The molecule has 0 saturated heterocycles. The van der Waals surface area contributed by atoms with Crippen molar-refractivity contribution in [3.63, 3.8) is 0 Å². The van der Waals surface area contributed by atoms with Gasteiger partial charge < -0.3 is 10.4 Å². The number of nitrogens with one attached hydrogen (secondary N) is 1. The van der Waals surface area contributed by atoms with Gasteiger partial charge in [0.25, 0.3) is 5.69 Å². The second-order valence-electron chi connectivity index (χ2n) is 4.13. The first kappa shape index (κ1) is 15.2. The Morgan fingerprint density at radius 1 is 1.38 bits per heavy atom. The standard InChI is InChI=1S/C13H10IN3O4/c14-10-5-9(17(20)21)2-4-11(10)15-6-8-1-3-12(13(18)19)16-7-8/h1-5,7,15H,6H2,(H,18,19). The van der Waals surface area contributed by atoms with Crippen molar-refractivity contribution in [2.24, 2.45) is 0 Å². The van der Waals surface area contributed by atoms with E-state index in [0.717, 1.165) is 14.8 Å². The number of nitro groups is 1. The topological polar surface area (TPSA) is 105 Å². The fourth-order valence-electron chi connectivity index (χ4n) is 1.61. The van der Waals surface area contributed by atoms with E-state index in [0.29, 0.717) is 6.54 Å². The van der Waals surface area contributed by atoms with Crippen molar-refractivity contribution >= 4 is 39.9 Å². The van der Waals surface area contributed by atoms with Crippen LogP contribution in [-0.2, 0) is 6.54 Å². The molecule has 2 N–H and O–H groups in total. The van der Waals surface area contributed by atoms with Crippen LogP contribution in [-0.4, -0.2) is 21.0 Å². The monoisotopic (exact) mass is 399 g/mol. The third-order valence-electron chi connectivity index (χ3n) is 2.69. The Morgan fingerprint density at radius 3 is 2.67 bits per heavy atom. The van der Waals surface area contributed by atoms with Gasteiger partial charge in [-0.05, 0) is 40.3 Å². The summed E-state index contributed by atoms with van der Waals surface area (Å²) in [6.07, 6.45) is 1.48. The lowest BCUT2D eigenvalue weighted by molar-refractivity contribution is -0.384. The molecular weight excluding hydrogens is 389 g/mol. The van der Waals surface area contributed by atoms with E-state index in [-0.39, 0.29) is 11.4 Å². The molecule has 2 rings (SSSR count). The zero-order chi connectivity index (χ0) is 15.4. The Morgan fingerprint density at radius 2 is 2.14 bits per heavy atom. The van der Waals surface area contributed by atoms with Crippen LogP contribution in [0.1, 0.15) is 16.1 Å². The zero-order valence-electron chi connectivity index (χ0n) is 10.6. The maximum Gasteiger partial charge on any atom is 0.354 e. The average Bonchev–Trinajstić information content (AvgIpc) is 2.46. The van der Waals surface area contributed by atoms with Gasteiger partial charge in [-0.3, -0.25) is 10.1 Å². The van der Waals surface area contributed by atoms with Gasteiger partial charge in [0.1, 0.15) is 5.69 Å². The van der Waals surface area contributed by atoms with Gasteiger partial charge in [0.2, 0.25) is 0 Å². The summed E-state index contributed by atoms with van der Waals surface area (Å²) in [7, 11) is 0. The Bertz CT molecular complexity index is 688. The number of aromatic carboxylic acids is 1. The van der Waals surface area contributed by atoms with Crippen LogP contribution in [0, 0.1) is 13.7 Å². The molecule has 0 bridgehead atoms. The molecule has 0 aliphatic heterocycles. The maximum atomic E-state index is 10.7. The normalized spacial score (nSPS) is 10.1. The number of nitrogens with zero attached hydrogens (tertiary/aromatic N) is 2. The SMILES string of the molecule is O=C(O)c1ccc(CNc2ccc([N+](=O)[O-])cc2I)cn1. The molecule has 0 amide bonds. The molecule has 0 spiro atoms. The molecule has 1 heterocycles. The summed E-state index contributed by atoms with van der Waals surface area (Å²) < 4.78 is 0.733. The molecule has 2 aromatic rings. The minimum atomic E-state index is -1.07. The maximum absolute atomic E-state index is 10.7. The molecule has 0 fully saturated rings. The van der Waals surface area contributed by atoms with Crippen LogP contribution in [0.5, 0.6) is 0 Å². The fourth-order valence-corrected chi connectivity index (χ4v) is 2.30.